The van der Waals surface area contributed by atoms with Gasteiger partial charge in [0.1, 0.15) is 23.4 Å². The summed E-state index contributed by atoms with van der Waals surface area (Å²) in [5.74, 6) is 1.33. The zero-order valence-corrected chi connectivity index (χ0v) is 8.93. The Morgan fingerprint density at radius 2 is 2.31 bits per heavy atom. The number of fused-ring (bicyclic) bond motifs is 1. The van der Waals surface area contributed by atoms with Crippen LogP contribution in [0.1, 0.15) is 5.76 Å². The summed E-state index contributed by atoms with van der Waals surface area (Å²) < 4.78 is 15.7. The number of hydrogen-bond acceptors (Lipinski definition) is 4. The molecule has 16 heavy (non-hydrogen) atoms. The van der Waals surface area contributed by atoms with E-state index in [1.807, 2.05) is 24.3 Å². The Kier molecular flexibility index (Phi) is 3.22. The molecule has 0 aliphatic rings. The lowest BCUT2D eigenvalue weighted by Crippen LogP contribution is -1.98. The summed E-state index contributed by atoms with van der Waals surface area (Å²) in [5, 5.41) is 0.858. The molecule has 1 aromatic carbocycles. The molecule has 1 aromatic heterocycles. The fourth-order valence-corrected chi connectivity index (χ4v) is 1.52. The Labute approximate surface area is 92.8 Å². The number of ether oxygens (including phenoxy) is 2. The maximum Gasteiger partial charge on any atom is 0.188 e. The molecule has 0 spiro atoms. The molecule has 0 radical (unpaired) electrons. The number of carbonyl (C=O) groups excluding carboxylic acids is 1. The second-order valence-corrected chi connectivity index (χ2v) is 3.30. The molecule has 84 valence electrons. The standard InChI is InChI=1S/C12H12O4/c1-14-8-15-11-3-2-4-12-10(11)7-9(16-12)5-6-13/h2-4,6-7H,5,8H2,1H3. The Morgan fingerprint density at radius 3 is 3.06 bits per heavy atom. The fourth-order valence-electron chi connectivity index (χ4n) is 1.52. The number of aldehydes is 1. The van der Waals surface area contributed by atoms with Crippen molar-refractivity contribution in [1.29, 1.82) is 0 Å². The summed E-state index contributed by atoms with van der Waals surface area (Å²) in [4.78, 5) is 10.4. The van der Waals surface area contributed by atoms with Crippen molar-refractivity contribution in [2.24, 2.45) is 0 Å². The molecule has 0 bridgehead atoms. The highest BCUT2D eigenvalue weighted by Gasteiger charge is 2.08. The van der Waals surface area contributed by atoms with Gasteiger partial charge in [0, 0.05) is 7.11 Å². The van der Waals surface area contributed by atoms with Gasteiger partial charge in [-0.1, -0.05) is 6.07 Å². The molecule has 0 amide bonds. The molecule has 0 fully saturated rings. The van der Waals surface area contributed by atoms with Gasteiger partial charge in [-0.15, -0.1) is 0 Å². The van der Waals surface area contributed by atoms with Crippen molar-refractivity contribution in [1.82, 2.24) is 0 Å². The number of methoxy groups -OCH3 is 1. The minimum Gasteiger partial charge on any atom is -0.467 e. The van der Waals surface area contributed by atoms with E-state index in [1.165, 1.54) is 0 Å². The zero-order chi connectivity index (χ0) is 11.4. The summed E-state index contributed by atoms with van der Waals surface area (Å²) in [5.41, 5.74) is 0.713. The average Bonchev–Trinajstić information content (AvgIpc) is 2.69. The molecule has 0 saturated carbocycles. The maximum absolute atomic E-state index is 10.4. The average molecular weight is 220 g/mol. The molecular weight excluding hydrogens is 208 g/mol. The van der Waals surface area contributed by atoms with Crippen molar-refractivity contribution in [2.75, 3.05) is 13.9 Å². The van der Waals surface area contributed by atoms with Crippen LogP contribution in [-0.4, -0.2) is 20.2 Å². The Hall–Kier alpha value is -1.81. The minimum atomic E-state index is 0.188. The predicted octanol–water partition coefficient (Wildman–Crippen LogP) is 2.16. The summed E-state index contributed by atoms with van der Waals surface area (Å²) in [7, 11) is 1.56. The third-order valence-electron chi connectivity index (χ3n) is 2.19. The highest BCUT2D eigenvalue weighted by atomic mass is 16.7. The van der Waals surface area contributed by atoms with Crippen molar-refractivity contribution in [2.45, 2.75) is 6.42 Å². The van der Waals surface area contributed by atoms with Crippen LogP contribution in [0.4, 0.5) is 0 Å². The van der Waals surface area contributed by atoms with Crippen LogP contribution in [-0.2, 0) is 16.0 Å². The number of hydrogen-bond donors (Lipinski definition) is 0. The fraction of sp³-hybridized carbons (Fsp3) is 0.250. The van der Waals surface area contributed by atoms with Gasteiger partial charge >= 0.3 is 0 Å². The van der Waals surface area contributed by atoms with Crippen LogP contribution in [0.25, 0.3) is 11.0 Å². The van der Waals surface area contributed by atoms with Gasteiger partial charge in [-0.05, 0) is 18.2 Å². The molecule has 1 heterocycles. The summed E-state index contributed by atoms with van der Waals surface area (Å²) in [6, 6.07) is 7.32. The lowest BCUT2D eigenvalue weighted by atomic mass is 10.2. The Bertz CT molecular complexity index is 487. The molecule has 0 saturated heterocycles. The van der Waals surface area contributed by atoms with E-state index in [-0.39, 0.29) is 13.2 Å². The van der Waals surface area contributed by atoms with Crippen LogP contribution in [0.5, 0.6) is 5.75 Å². The first-order valence-corrected chi connectivity index (χ1v) is 4.92. The lowest BCUT2D eigenvalue weighted by Gasteiger charge is -2.04. The molecule has 0 N–H and O–H groups in total. The van der Waals surface area contributed by atoms with E-state index in [0.29, 0.717) is 17.1 Å². The first-order chi connectivity index (χ1) is 7.85. The first-order valence-electron chi connectivity index (χ1n) is 4.92. The molecule has 0 aliphatic carbocycles. The molecule has 2 aromatic rings. The SMILES string of the molecule is COCOc1cccc2oc(CC=O)cc12. The van der Waals surface area contributed by atoms with Gasteiger partial charge in [0.15, 0.2) is 6.79 Å². The topological polar surface area (TPSA) is 48.7 Å². The number of furan rings is 1. The van der Waals surface area contributed by atoms with Crippen molar-refractivity contribution < 1.29 is 18.7 Å². The van der Waals surface area contributed by atoms with Gasteiger partial charge in [0.25, 0.3) is 0 Å². The third-order valence-corrected chi connectivity index (χ3v) is 2.19. The smallest absolute Gasteiger partial charge is 0.188 e. The molecule has 2 rings (SSSR count). The molecule has 0 unspecified atom stereocenters. The highest BCUT2D eigenvalue weighted by molar-refractivity contribution is 5.85. The predicted molar refractivity (Wildman–Crippen MR) is 58.5 cm³/mol. The molecule has 4 nitrogen and oxygen atoms in total. The van der Waals surface area contributed by atoms with Gasteiger partial charge in [-0.25, -0.2) is 0 Å². The molecule has 0 atom stereocenters. The van der Waals surface area contributed by atoms with E-state index in [2.05, 4.69) is 0 Å². The molecule has 0 aliphatic heterocycles. The number of rotatable bonds is 5. The van der Waals surface area contributed by atoms with Crippen molar-refractivity contribution in [3.05, 3.63) is 30.0 Å². The highest BCUT2D eigenvalue weighted by Crippen LogP contribution is 2.28. The van der Waals surface area contributed by atoms with E-state index in [1.54, 1.807) is 7.11 Å². The summed E-state index contributed by atoms with van der Waals surface area (Å²) in [6.07, 6.45) is 1.09. The second-order valence-electron chi connectivity index (χ2n) is 3.30. The van der Waals surface area contributed by atoms with Gasteiger partial charge in [-0.2, -0.15) is 0 Å². The molecule has 4 heteroatoms. The van der Waals surface area contributed by atoms with E-state index in [4.69, 9.17) is 13.9 Å². The summed E-state index contributed by atoms with van der Waals surface area (Å²) >= 11 is 0. The largest absolute Gasteiger partial charge is 0.467 e. The number of carbonyl (C=O) groups is 1. The summed E-state index contributed by atoms with van der Waals surface area (Å²) in [6.45, 7) is 0.188. The van der Waals surface area contributed by atoms with Gasteiger partial charge in [0.2, 0.25) is 0 Å². The van der Waals surface area contributed by atoms with Crippen LogP contribution in [0.2, 0.25) is 0 Å². The second kappa shape index (κ2) is 4.81. The van der Waals surface area contributed by atoms with Crippen molar-refractivity contribution in [3.8, 4) is 5.75 Å². The van der Waals surface area contributed by atoms with Gasteiger partial charge < -0.3 is 18.7 Å². The van der Waals surface area contributed by atoms with E-state index in [9.17, 15) is 4.79 Å². The third kappa shape index (κ3) is 2.06. The van der Waals surface area contributed by atoms with E-state index >= 15 is 0 Å². The van der Waals surface area contributed by atoms with Crippen LogP contribution in [0.15, 0.2) is 28.7 Å². The lowest BCUT2D eigenvalue weighted by molar-refractivity contribution is -0.107. The first kappa shape index (κ1) is 10.7. The number of benzene rings is 1. The monoisotopic (exact) mass is 220 g/mol. The zero-order valence-electron chi connectivity index (χ0n) is 8.93. The van der Waals surface area contributed by atoms with E-state index < -0.39 is 0 Å². The molecular formula is C12H12O4. The van der Waals surface area contributed by atoms with Crippen LogP contribution >= 0.6 is 0 Å². The normalized spacial score (nSPS) is 10.6. The van der Waals surface area contributed by atoms with E-state index in [0.717, 1.165) is 11.7 Å². The van der Waals surface area contributed by atoms with Crippen LogP contribution in [0.3, 0.4) is 0 Å². The van der Waals surface area contributed by atoms with Crippen LogP contribution < -0.4 is 4.74 Å². The van der Waals surface area contributed by atoms with Crippen LogP contribution in [0, 0.1) is 0 Å². The van der Waals surface area contributed by atoms with Crippen molar-refractivity contribution in [3.63, 3.8) is 0 Å². The Morgan fingerprint density at radius 1 is 1.44 bits per heavy atom. The van der Waals surface area contributed by atoms with Gasteiger partial charge in [0.05, 0.1) is 11.8 Å². The van der Waals surface area contributed by atoms with Gasteiger partial charge in [-0.3, -0.25) is 0 Å². The quantitative estimate of drug-likeness (QED) is 0.572. The van der Waals surface area contributed by atoms with Crippen molar-refractivity contribution >= 4 is 17.3 Å². The Balaban J connectivity index is 2.37. The maximum atomic E-state index is 10.4. The minimum absolute atomic E-state index is 0.188.